The Morgan fingerprint density at radius 3 is 2.47 bits per heavy atom. The highest BCUT2D eigenvalue weighted by Crippen LogP contribution is 2.19. The third kappa shape index (κ3) is 2.96. The molecule has 1 aromatic carbocycles. The number of nitrogens with zero attached hydrogens (tertiary/aromatic N) is 1. The number of aliphatic hydroxyl groups excluding tert-OH is 1. The van der Waals surface area contributed by atoms with Crippen LogP contribution in [0, 0.1) is 6.92 Å². The summed E-state index contributed by atoms with van der Waals surface area (Å²) in [5.74, 6) is 0. The molecule has 0 aliphatic heterocycles. The van der Waals surface area contributed by atoms with Crippen molar-refractivity contribution in [3.63, 3.8) is 0 Å². The summed E-state index contributed by atoms with van der Waals surface area (Å²) in [7, 11) is 0. The van der Waals surface area contributed by atoms with Crippen molar-refractivity contribution in [2.24, 2.45) is 0 Å². The molecule has 0 spiro atoms. The van der Waals surface area contributed by atoms with Crippen LogP contribution in [0.15, 0.2) is 18.2 Å². The van der Waals surface area contributed by atoms with Gasteiger partial charge in [0, 0.05) is 18.8 Å². The minimum atomic E-state index is 0.131. The van der Waals surface area contributed by atoms with Crippen molar-refractivity contribution in [1.82, 2.24) is 0 Å². The summed E-state index contributed by atoms with van der Waals surface area (Å²) >= 11 is 0. The normalized spacial score (nSPS) is 10.4. The van der Waals surface area contributed by atoms with Crippen LogP contribution in [0.1, 0.15) is 31.4 Å². The van der Waals surface area contributed by atoms with Gasteiger partial charge in [-0.2, -0.15) is 0 Å². The first-order valence-electron chi connectivity index (χ1n) is 5.68. The van der Waals surface area contributed by atoms with Crippen molar-refractivity contribution < 1.29 is 5.11 Å². The van der Waals surface area contributed by atoms with E-state index < -0.39 is 0 Å². The molecule has 0 aliphatic rings. The first kappa shape index (κ1) is 12.1. The summed E-state index contributed by atoms with van der Waals surface area (Å²) in [5.41, 5.74) is 3.45. The molecule has 0 radical (unpaired) electrons. The van der Waals surface area contributed by atoms with Crippen LogP contribution < -0.4 is 4.90 Å². The van der Waals surface area contributed by atoms with Crippen LogP contribution in [0.2, 0.25) is 0 Å². The molecule has 0 atom stereocenters. The summed E-state index contributed by atoms with van der Waals surface area (Å²) in [6, 6.07) is 6.27. The molecular weight excluding hydrogens is 186 g/mol. The lowest BCUT2D eigenvalue weighted by Gasteiger charge is -2.23. The molecule has 2 nitrogen and oxygen atoms in total. The minimum Gasteiger partial charge on any atom is -0.392 e. The fourth-order valence-electron chi connectivity index (χ4n) is 1.79. The molecule has 0 fully saturated rings. The van der Waals surface area contributed by atoms with Gasteiger partial charge in [-0.3, -0.25) is 0 Å². The number of hydrogen-bond donors (Lipinski definition) is 1. The number of benzene rings is 1. The second-order valence-electron chi connectivity index (χ2n) is 3.85. The number of aryl methyl sites for hydroxylation is 1. The van der Waals surface area contributed by atoms with E-state index in [1.165, 1.54) is 11.3 Å². The van der Waals surface area contributed by atoms with E-state index in [2.05, 4.69) is 37.8 Å². The average Bonchev–Trinajstić information content (AvgIpc) is 2.25. The molecule has 2 heteroatoms. The average molecular weight is 207 g/mol. The molecular formula is C13H21NO. The van der Waals surface area contributed by atoms with Crippen LogP contribution in [0.5, 0.6) is 0 Å². The lowest BCUT2D eigenvalue weighted by Crippen LogP contribution is -2.23. The molecule has 0 heterocycles. The third-order valence-electron chi connectivity index (χ3n) is 2.74. The fraction of sp³-hybridized carbons (Fsp3) is 0.538. The highest BCUT2D eigenvalue weighted by atomic mass is 16.3. The quantitative estimate of drug-likeness (QED) is 0.802. The molecule has 84 valence electrons. The van der Waals surface area contributed by atoms with E-state index in [1.807, 2.05) is 6.07 Å². The molecule has 15 heavy (non-hydrogen) atoms. The predicted octanol–water partition coefficient (Wildman–Crippen LogP) is 2.72. The van der Waals surface area contributed by atoms with Crippen LogP contribution in [-0.2, 0) is 6.61 Å². The lowest BCUT2D eigenvalue weighted by atomic mass is 10.1. The number of hydrogen-bond acceptors (Lipinski definition) is 2. The Balaban J connectivity index is 2.89. The van der Waals surface area contributed by atoms with Gasteiger partial charge in [0.2, 0.25) is 0 Å². The van der Waals surface area contributed by atoms with Crippen LogP contribution in [-0.4, -0.2) is 18.2 Å². The molecule has 0 saturated heterocycles. The molecule has 0 aromatic heterocycles. The Hall–Kier alpha value is -1.02. The van der Waals surface area contributed by atoms with Gasteiger partial charge >= 0.3 is 0 Å². The first-order valence-corrected chi connectivity index (χ1v) is 5.68. The van der Waals surface area contributed by atoms with Crippen LogP contribution in [0.3, 0.4) is 0 Å². The van der Waals surface area contributed by atoms with Gasteiger partial charge in [0.05, 0.1) is 6.61 Å². The van der Waals surface area contributed by atoms with Gasteiger partial charge in [-0.15, -0.1) is 0 Å². The zero-order valence-electron chi connectivity index (χ0n) is 9.95. The third-order valence-corrected chi connectivity index (χ3v) is 2.74. The van der Waals surface area contributed by atoms with Crippen LogP contribution in [0.4, 0.5) is 5.69 Å². The van der Waals surface area contributed by atoms with Crippen molar-refractivity contribution in [3.05, 3.63) is 29.3 Å². The second-order valence-corrected chi connectivity index (χ2v) is 3.85. The zero-order chi connectivity index (χ0) is 11.3. The maximum Gasteiger partial charge on any atom is 0.0684 e. The lowest BCUT2D eigenvalue weighted by molar-refractivity contribution is 0.281. The second kappa shape index (κ2) is 5.76. The van der Waals surface area contributed by atoms with Gasteiger partial charge in [0.15, 0.2) is 0 Å². The number of anilines is 1. The number of rotatable bonds is 5. The Morgan fingerprint density at radius 2 is 2.00 bits per heavy atom. The Labute approximate surface area is 92.5 Å². The highest BCUT2D eigenvalue weighted by molar-refractivity contribution is 5.50. The van der Waals surface area contributed by atoms with Gasteiger partial charge in [-0.25, -0.2) is 0 Å². The summed E-state index contributed by atoms with van der Waals surface area (Å²) < 4.78 is 0. The van der Waals surface area contributed by atoms with E-state index in [0.717, 1.165) is 25.1 Å². The Bertz CT molecular complexity index is 309. The summed E-state index contributed by atoms with van der Waals surface area (Å²) in [6.45, 7) is 8.67. The standard InChI is InChI=1S/C13H21NO/c1-4-8-14(5-2)13-7-6-12(10-15)11(3)9-13/h6-7,9,15H,4-5,8,10H2,1-3H3. The smallest absolute Gasteiger partial charge is 0.0684 e. The van der Waals surface area contributed by atoms with E-state index >= 15 is 0 Å². The van der Waals surface area contributed by atoms with E-state index in [4.69, 9.17) is 5.11 Å². The minimum absolute atomic E-state index is 0.131. The van der Waals surface area contributed by atoms with Gasteiger partial charge < -0.3 is 10.0 Å². The van der Waals surface area contributed by atoms with E-state index in [1.54, 1.807) is 0 Å². The van der Waals surface area contributed by atoms with E-state index in [0.29, 0.717) is 0 Å². The van der Waals surface area contributed by atoms with Gasteiger partial charge in [-0.1, -0.05) is 13.0 Å². The predicted molar refractivity (Wildman–Crippen MR) is 65.3 cm³/mol. The molecule has 1 aromatic rings. The molecule has 0 amide bonds. The topological polar surface area (TPSA) is 23.5 Å². The van der Waals surface area contributed by atoms with Crippen molar-refractivity contribution in [2.45, 2.75) is 33.8 Å². The van der Waals surface area contributed by atoms with Gasteiger partial charge in [-0.05, 0) is 43.5 Å². The number of aliphatic hydroxyl groups is 1. The Morgan fingerprint density at radius 1 is 1.27 bits per heavy atom. The van der Waals surface area contributed by atoms with Gasteiger partial charge in [0.25, 0.3) is 0 Å². The van der Waals surface area contributed by atoms with Crippen molar-refractivity contribution in [2.75, 3.05) is 18.0 Å². The zero-order valence-corrected chi connectivity index (χ0v) is 9.95. The monoisotopic (exact) mass is 207 g/mol. The molecule has 1 rings (SSSR count). The molecule has 1 N–H and O–H groups in total. The largest absolute Gasteiger partial charge is 0.392 e. The molecule has 0 bridgehead atoms. The summed E-state index contributed by atoms with van der Waals surface area (Å²) in [5, 5.41) is 9.09. The van der Waals surface area contributed by atoms with E-state index in [-0.39, 0.29) is 6.61 Å². The summed E-state index contributed by atoms with van der Waals surface area (Å²) in [6.07, 6.45) is 1.16. The van der Waals surface area contributed by atoms with Gasteiger partial charge in [0.1, 0.15) is 0 Å². The maximum absolute atomic E-state index is 9.09. The van der Waals surface area contributed by atoms with Crippen molar-refractivity contribution >= 4 is 5.69 Å². The Kier molecular flexibility index (Phi) is 4.63. The highest BCUT2D eigenvalue weighted by Gasteiger charge is 2.04. The summed E-state index contributed by atoms with van der Waals surface area (Å²) in [4.78, 5) is 2.36. The van der Waals surface area contributed by atoms with Crippen LogP contribution >= 0.6 is 0 Å². The van der Waals surface area contributed by atoms with E-state index in [9.17, 15) is 0 Å². The molecule has 0 unspecified atom stereocenters. The molecule has 0 saturated carbocycles. The fourth-order valence-corrected chi connectivity index (χ4v) is 1.79. The van der Waals surface area contributed by atoms with Crippen LogP contribution in [0.25, 0.3) is 0 Å². The maximum atomic E-state index is 9.09. The first-order chi connectivity index (χ1) is 7.22. The van der Waals surface area contributed by atoms with Crippen molar-refractivity contribution in [1.29, 1.82) is 0 Å². The van der Waals surface area contributed by atoms with Crippen molar-refractivity contribution in [3.8, 4) is 0 Å². The SMILES string of the molecule is CCCN(CC)c1ccc(CO)c(C)c1. The molecule has 0 aliphatic carbocycles.